The van der Waals surface area contributed by atoms with Crippen LogP contribution >= 0.6 is 0 Å². The van der Waals surface area contributed by atoms with Gasteiger partial charge in [-0.15, -0.1) is 0 Å². The Bertz CT molecular complexity index is 1250. The molecule has 0 unspecified atom stereocenters. The Morgan fingerprint density at radius 3 is 2.41 bits per heavy atom. The van der Waals surface area contributed by atoms with Crippen molar-refractivity contribution in [3.05, 3.63) is 47.4 Å². The van der Waals surface area contributed by atoms with E-state index < -0.39 is 39.8 Å². The van der Waals surface area contributed by atoms with Gasteiger partial charge in [0.1, 0.15) is 5.82 Å². The Morgan fingerprint density at radius 1 is 1.24 bits per heavy atom. The molecule has 2 heterocycles. The molecule has 0 saturated carbocycles. The molecule has 0 N–H and O–H groups in total. The van der Waals surface area contributed by atoms with Crippen LogP contribution in [0, 0.1) is 5.82 Å². The Morgan fingerprint density at radius 2 is 1.86 bits per heavy atom. The van der Waals surface area contributed by atoms with Gasteiger partial charge in [0.15, 0.2) is 5.79 Å². The van der Waals surface area contributed by atoms with Gasteiger partial charge >= 0.3 is 37.7 Å². The van der Waals surface area contributed by atoms with Gasteiger partial charge < -0.3 is 19.4 Å². The number of carbonyl (C=O) groups is 1. The van der Waals surface area contributed by atoms with Crippen molar-refractivity contribution in [1.82, 2.24) is 9.97 Å². The molecule has 0 radical (unpaired) electrons. The number of anilines is 1. The van der Waals surface area contributed by atoms with E-state index in [2.05, 4.69) is 9.97 Å². The maximum atomic E-state index is 13.7. The monoisotopic (exact) mass is 560 g/mol. The van der Waals surface area contributed by atoms with Gasteiger partial charge in [-0.3, -0.25) is 0 Å². The van der Waals surface area contributed by atoms with Crippen molar-refractivity contribution in [1.29, 1.82) is 0 Å². The van der Waals surface area contributed by atoms with E-state index in [1.54, 1.807) is 38.1 Å². The first-order valence-corrected chi connectivity index (χ1v) is 13.4. The van der Waals surface area contributed by atoms with Crippen LogP contribution < -0.4 is 9.41 Å². The average molecular weight is 561 g/mol. The summed E-state index contributed by atoms with van der Waals surface area (Å²) in [6.45, 7) is 7.25. The van der Waals surface area contributed by atoms with Gasteiger partial charge in [0, 0.05) is 37.0 Å². The maximum absolute atomic E-state index is 13.7. The van der Waals surface area contributed by atoms with E-state index in [9.17, 15) is 22.7 Å². The molecule has 1 saturated heterocycles. The Balaban J connectivity index is 0.00000481. The first-order valence-electron chi connectivity index (χ1n) is 11.5. The fraction of sp³-hybridized carbons (Fsp3) is 0.480. The molecule has 1 aromatic carbocycles. The Kier molecular flexibility index (Phi) is 10.7. The molecule has 37 heavy (non-hydrogen) atoms. The first-order chi connectivity index (χ1) is 16.7. The topological polar surface area (TPSA) is 122 Å². The van der Waals surface area contributed by atoms with Crippen LogP contribution in [0.3, 0.4) is 0 Å². The van der Waals surface area contributed by atoms with Crippen molar-refractivity contribution >= 4 is 65.8 Å². The zero-order chi connectivity index (χ0) is 26.8. The van der Waals surface area contributed by atoms with E-state index in [1.165, 1.54) is 19.2 Å². The number of aromatic nitrogens is 2. The molecule has 1 fully saturated rings. The van der Waals surface area contributed by atoms with Crippen molar-refractivity contribution in [3.8, 4) is 11.3 Å². The zero-order valence-electron chi connectivity index (χ0n) is 21.9. The van der Waals surface area contributed by atoms with E-state index in [0.717, 1.165) is 10.6 Å². The molecule has 196 valence electrons. The summed E-state index contributed by atoms with van der Waals surface area (Å²) in [5, 5.41) is 11.1. The zero-order valence-corrected chi connectivity index (χ0v) is 24.9. The number of hydrogen-bond acceptors (Lipinski definition) is 8. The molecule has 9 nitrogen and oxygen atoms in total. The second-order valence-corrected chi connectivity index (χ2v) is 11.5. The van der Waals surface area contributed by atoms with Gasteiger partial charge in [-0.05, 0) is 44.0 Å². The number of carbonyl (C=O) groups excluding carboxylic acids is 1. The molecule has 1 aromatic heterocycles. The molecular formula is C25H31CaFN3O6S+. The van der Waals surface area contributed by atoms with E-state index in [-0.39, 0.29) is 56.0 Å². The number of aliphatic carboxylic acids is 1. The minimum Gasteiger partial charge on any atom is -0.550 e. The van der Waals surface area contributed by atoms with Gasteiger partial charge in [-0.2, -0.15) is 0 Å². The van der Waals surface area contributed by atoms with E-state index in [1.807, 2.05) is 13.8 Å². The summed E-state index contributed by atoms with van der Waals surface area (Å²) in [7, 11) is -2.26. The van der Waals surface area contributed by atoms with Crippen LogP contribution in [0.5, 0.6) is 0 Å². The molecular weight excluding hydrogens is 529 g/mol. The standard InChI is InChI=1S/C25H32FN3O6S.Ca/c1-15(2)22-20(12-11-18-13-19(14-21(30)31)35-25(3,4)34-18)23(16-7-9-17(26)10-8-16)28-24(27-22)29(5)36(6,32)33;/h7-12,15,18-19H,13-14H2,1-6H3,(H,30,31);/q;+2/p-1/b12-11+;/t18-,19-;/m1./s1. The predicted octanol–water partition coefficient (Wildman–Crippen LogP) is 2.48. The van der Waals surface area contributed by atoms with Gasteiger partial charge in [0.05, 0.1) is 29.9 Å². The number of carboxylic acid groups (broad SMARTS) is 1. The van der Waals surface area contributed by atoms with Gasteiger partial charge in [-0.25, -0.2) is 27.1 Å². The van der Waals surface area contributed by atoms with Gasteiger partial charge in [-0.1, -0.05) is 26.0 Å². The van der Waals surface area contributed by atoms with Crippen molar-refractivity contribution in [2.24, 2.45) is 0 Å². The first kappa shape index (κ1) is 31.6. The van der Waals surface area contributed by atoms with Gasteiger partial charge in [0.25, 0.3) is 0 Å². The molecule has 1 aliphatic heterocycles. The largest absolute Gasteiger partial charge is 2.00 e. The van der Waals surface area contributed by atoms with Crippen molar-refractivity contribution in [3.63, 3.8) is 0 Å². The second kappa shape index (κ2) is 12.5. The van der Waals surface area contributed by atoms with Crippen LogP contribution in [0.1, 0.15) is 57.7 Å². The molecule has 0 bridgehead atoms. The minimum absolute atomic E-state index is 0. The molecule has 0 aliphatic carbocycles. The van der Waals surface area contributed by atoms with E-state index >= 15 is 0 Å². The van der Waals surface area contributed by atoms with Crippen LogP contribution in [-0.4, -0.2) is 93.4 Å². The molecule has 12 heteroatoms. The third-order valence-electron chi connectivity index (χ3n) is 5.66. The van der Waals surface area contributed by atoms with E-state index in [0.29, 0.717) is 28.9 Å². The fourth-order valence-electron chi connectivity index (χ4n) is 3.98. The van der Waals surface area contributed by atoms with Crippen molar-refractivity contribution < 1.29 is 32.2 Å². The summed E-state index contributed by atoms with van der Waals surface area (Å²) >= 11 is 0. The van der Waals surface area contributed by atoms with Crippen LogP contribution in [0.15, 0.2) is 30.3 Å². The predicted molar refractivity (Wildman–Crippen MR) is 138 cm³/mol. The third kappa shape index (κ3) is 8.43. The van der Waals surface area contributed by atoms with Gasteiger partial charge in [0.2, 0.25) is 16.0 Å². The van der Waals surface area contributed by atoms with Crippen LogP contribution in [0.2, 0.25) is 0 Å². The normalized spacial score (nSPS) is 19.6. The van der Waals surface area contributed by atoms with E-state index in [4.69, 9.17) is 9.47 Å². The number of hydrogen-bond donors (Lipinski definition) is 0. The number of ether oxygens (including phenoxy) is 2. The smallest absolute Gasteiger partial charge is 0.550 e. The van der Waals surface area contributed by atoms with Crippen LogP contribution in [0.25, 0.3) is 17.3 Å². The fourth-order valence-corrected chi connectivity index (χ4v) is 4.36. The molecule has 1 aliphatic rings. The average Bonchev–Trinajstić information content (AvgIpc) is 2.75. The minimum atomic E-state index is -3.63. The molecule has 2 atom stereocenters. The number of rotatable bonds is 8. The van der Waals surface area contributed by atoms with Crippen molar-refractivity contribution in [2.45, 2.75) is 64.4 Å². The molecule has 0 spiro atoms. The number of sulfonamides is 1. The molecule has 2 aromatic rings. The summed E-state index contributed by atoms with van der Waals surface area (Å²) < 4.78 is 50.7. The summed E-state index contributed by atoms with van der Waals surface area (Å²) in [5.41, 5.74) is 2.20. The van der Waals surface area contributed by atoms with Crippen LogP contribution in [-0.2, 0) is 24.3 Å². The number of halogens is 1. The van der Waals surface area contributed by atoms with Crippen LogP contribution in [0.4, 0.5) is 10.3 Å². The summed E-state index contributed by atoms with van der Waals surface area (Å²) in [5.74, 6) is -2.75. The Labute approximate surface area is 247 Å². The van der Waals surface area contributed by atoms with Crippen molar-refractivity contribution in [2.75, 3.05) is 17.6 Å². The summed E-state index contributed by atoms with van der Waals surface area (Å²) in [6, 6.07) is 5.73. The molecule has 3 rings (SSSR count). The summed E-state index contributed by atoms with van der Waals surface area (Å²) in [6.07, 6.45) is 3.60. The number of carboxylic acids is 1. The Hall–Kier alpha value is -1.63. The summed E-state index contributed by atoms with van der Waals surface area (Å²) in [4.78, 5) is 20.2. The second-order valence-electron chi connectivity index (χ2n) is 9.53. The SMILES string of the molecule is CC(C)c1nc(N(C)S(C)(=O)=O)nc(-c2ccc(F)cc2)c1/C=C/[C@@H]1C[C@H](CC(=O)[O-])OC(C)(C)O1.[Ca+2]. The number of nitrogens with zero attached hydrogens (tertiary/aromatic N) is 3. The number of benzene rings is 1. The quantitative estimate of drug-likeness (QED) is 0.452. The molecule has 0 amide bonds. The third-order valence-corrected chi connectivity index (χ3v) is 6.82. The maximum Gasteiger partial charge on any atom is 2.00 e.